The maximum Gasteiger partial charge on any atom is 0.239 e. The van der Waals surface area contributed by atoms with Gasteiger partial charge in [0.25, 0.3) is 0 Å². The smallest absolute Gasteiger partial charge is 0.239 e. The minimum Gasteiger partial charge on any atom is -0.341 e. The minimum atomic E-state index is 0.181. The second-order valence-electron chi connectivity index (χ2n) is 6.02. The molecule has 0 saturated carbocycles. The van der Waals surface area contributed by atoms with Gasteiger partial charge in [0, 0.05) is 13.1 Å². The topological polar surface area (TPSA) is 35.6 Å². The Bertz CT molecular complexity index is 287. The number of carbonyl (C=O) groups excluding carboxylic acids is 1. The number of carbonyl (C=O) groups is 1. The predicted molar refractivity (Wildman–Crippen MR) is 78.1 cm³/mol. The van der Waals surface area contributed by atoms with Crippen LogP contribution in [0, 0.1) is 5.92 Å². The highest BCUT2D eigenvalue weighted by Gasteiger charge is 2.34. The summed E-state index contributed by atoms with van der Waals surface area (Å²) < 4.78 is 0. The van der Waals surface area contributed by atoms with Crippen LogP contribution in [0.5, 0.6) is 0 Å². The Morgan fingerprint density at radius 2 is 1.95 bits per heavy atom. The van der Waals surface area contributed by atoms with Crippen LogP contribution < -0.4 is 5.32 Å². The van der Waals surface area contributed by atoms with Crippen molar-refractivity contribution in [3.8, 4) is 0 Å². The van der Waals surface area contributed by atoms with E-state index in [1.807, 2.05) is 7.05 Å². The summed E-state index contributed by atoms with van der Waals surface area (Å²) in [7, 11) is 2.01. The summed E-state index contributed by atoms with van der Waals surface area (Å²) in [5, 5.41) is 3.25. The second kappa shape index (κ2) is 7.25. The zero-order chi connectivity index (χ0) is 13.7. The van der Waals surface area contributed by atoms with Crippen LogP contribution in [0.1, 0.15) is 39.0 Å². The number of rotatable bonds is 5. The Kier molecular flexibility index (Phi) is 5.64. The van der Waals surface area contributed by atoms with E-state index in [0.29, 0.717) is 5.91 Å². The molecule has 0 radical (unpaired) electrons. The first kappa shape index (κ1) is 14.8. The number of amides is 1. The Morgan fingerprint density at radius 3 is 2.58 bits per heavy atom. The quantitative estimate of drug-likeness (QED) is 0.816. The average molecular weight is 267 g/mol. The van der Waals surface area contributed by atoms with Crippen molar-refractivity contribution in [1.82, 2.24) is 15.1 Å². The molecule has 1 unspecified atom stereocenters. The van der Waals surface area contributed by atoms with Crippen molar-refractivity contribution in [2.24, 2.45) is 5.92 Å². The van der Waals surface area contributed by atoms with Crippen molar-refractivity contribution >= 4 is 5.91 Å². The van der Waals surface area contributed by atoms with Crippen molar-refractivity contribution in [2.45, 2.75) is 45.1 Å². The summed E-state index contributed by atoms with van der Waals surface area (Å²) in [4.78, 5) is 17.1. The highest BCUT2D eigenvalue weighted by Crippen LogP contribution is 2.23. The van der Waals surface area contributed by atoms with E-state index in [4.69, 9.17) is 0 Å². The molecule has 1 atom stereocenters. The molecule has 2 fully saturated rings. The fraction of sp³-hybridized carbons (Fsp3) is 0.933. The molecule has 0 aromatic rings. The van der Waals surface area contributed by atoms with E-state index in [9.17, 15) is 4.79 Å². The summed E-state index contributed by atoms with van der Waals surface area (Å²) in [6, 6.07) is 0.181. The van der Waals surface area contributed by atoms with Gasteiger partial charge in [-0.1, -0.05) is 6.92 Å². The molecule has 0 spiro atoms. The van der Waals surface area contributed by atoms with Gasteiger partial charge in [-0.15, -0.1) is 0 Å². The van der Waals surface area contributed by atoms with Crippen LogP contribution in [0.25, 0.3) is 0 Å². The van der Waals surface area contributed by atoms with Gasteiger partial charge in [0.1, 0.15) is 0 Å². The highest BCUT2D eigenvalue weighted by molar-refractivity contribution is 5.82. The third kappa shape index (κ3) is 3.69. The van der Waals surface area contributed by atoms with Gasteiger partial charge in [0.05, 0.1) is 6.04 Å². The average Bonchev–Trinajstić information content (AvgIpc) is 2.88. The van der Waals surface area contributed by atoms with Gasteiger partial charge in [-0.05, 0) is 64.7 Å². The summed E-state index contributed by atoms with van der Waals surface area (Å²) in [6.07, 6.45) is 5.72. The summed E-state index contributed by atoms with van der Waals surface area (Å²) in [5.74, 6) is 1.15. The first-order valence-corrected chi connectivity index (χ1v) is 7.93. The first-order valence-electron chi connectivity index (χ1n) is 7.93. The van der Waals surface area contributed by atoms with Gasteiger partial charge >= 0.3 is 0 Å². The lowest BCUT2D eigenvalue weighted by atomic mass is 9.96. The molecule has 19 heavy (non-hydrogen) atoms. The monoisotopic (exact) mass is 267 g/mol. The maximum atomic E-state index is 12.6. The minimum absolute atomic E-state index is 0.181. The number of nitrogens with one attached hydrogen (secondary N) is 1. The molecule has 2 rings (SSSR count). The third-order valence-corrected chi connectivity index (χ3v) is 4.58. The second-order valence-corrected chi connectivity index (χ2v) is 6.02. The zero-order valence-corrected chi connectivity index (χ0v) is 12.5. The van der Waals surface area contributed by atoms with Gasteiger partial charge < -0.3 is 10.2 Å². The molecule has 0 bridgehead atoms. The SMILES string of the molecule is CCCN1CCCC1C(=O)N1CCC(CNC)CC1. The molecular formula is C15H29N3O. The van der Waals surface area contributed by atoms with Crippen molar-refractivity contribution in [2.75, 3.05) is 39.8 Å². The van der Waals surface area contributed by atoms with E-state index >= 15 is 0 Å². The van der Waals surface area contributed by atoms with Crippen LogP contribution >= 0.6 is 0 Å². The summed E-state index contributed by atoms with van der Waals surface area (Å²) in [5.41, 5.74) is 0. The van der Waals surface area contributed by atoms with Crippen LogP contribution in [0.4, 0.5) is 0 Å². The fourth-order valence-corrected chi connectivity index (χ4v) is 3.52. The molecule has 4 heteroatoms. The lowest BCUT2D eigenvalue weighted by Gasteiger charge is -2.35. The van der Waals surface area contributed by atoms with E-state index in [1.54, 1.807) is 0 Å². The maximum absolute atomic E-state index is 12.6. The van der Waals surface area contributed by atoms with Gasteiger partial charge in [-0.25, -0.2) is 0 Å². The van der Waals surface area contributed by atoms with E-state index in [2.05, 4.69) is 22.0 Å². The molecule has 2 aliphatic rings. The number of hydrogen-bond acceptors (Lipinski definition) is 3. The predicted octanol–water partition coefficient (Wildman–Crippen LogP) is 1.32. The van der Waals surface area contributed by atoms with E-state index in [1.165, 1.54) is 6.42 Å². The van der Waals surface area contributed by atoms with Crippen molar-refractivity contribution < 1.29 is 4.79 Å². The summed E-state index contributed by atoms with van der Waals surface area (Å²) in [6.45, 7) is 7.40. The zero-order valence-electron chi connectivity index (χ0n) is 12.5. The van der Waals surface area contributed by atoms with E-state index in [-0.39, 0.29) is 6.04 Å². The molecule has 1 amide bonds. The standard InChI is InChI=1S/C15H29N3O/c1-3-8-17-9-4-5-14(17)15(19)18-10-6-13(7-11-18)12-16-2/h13-14,16H,3-12H2,1-2H3. The van der Waals surface area contributed by atoms with Crippen LogP contribution in [0.3, 0.4) is 0 Å². The first-order chi connectivity index (χ1) is 9.26. The highest BCUT2D eigenvalue weighted by atomic mass is 16.2. The van der Waals surface area contributed by atoms with E-state index < -0.39 is 0 Å². The number of piperidine rings is 1. The molecular weight excluding hydrogens is 238 g/mol. The van der Waals surface area contributed by atoms with Crippen molar-refractivity contribution in [1.29, 1.82) is 0 Å². The van der Waals surface area contributed by atoms with Gasteiger partial charge in [0.15, 0.2) is 0 Å². The molecule has 110 valence electrons. The van der Waals surface area contributed by atoms with Crippen LogP contribution in [0.2, 0.25) is 0 Å². The van der Waals surface area contributed by atoms with Crippen LogP contribution in [-0.4, -0.2) is 61.5 Å². The molecule has 0 aromatic heterocycles. The van der Waals surface area contributed by atoms with Crippen LogP contribution in [-0.2, 0) is 4.79 Å². The van der Waals surface area contributed by atoms with E-state index in [0.717, 1.165) is 64.3 Å². The Labute approximate surface area is 117 Å². The normalized spacial score (nSPS) is 26.0. The fourth-order valence-electron chi connectivity index (χ4n) is 3.52. The Balaban J connectivity index is 1.83. The number of likely N-dealkylation sites (tertiary alicyclic amines) is 2. The molecule has 2 heterocycles. The molecule has 2 aliphatic heterocycles. The Hall–Kier alpha value is -0.610. The molecule has 1 N–H and O–H groups in total. The third-order valence-electron chi connectivity index (χ3n) is 4.58. The Morgan fingerprint density at radius 1 is 1.21 bits per heavy atom. The number of nitrogens with zero attached hydrogens (tertiary/aromatic N) is 2. The molecule has 4 nitrogen and oxygen atoms in total. The van der Waals surface area contributed by atoms with Crippen molar-refractivity contribution in [3.63, 3.8) is 0 Å². The van der Waals surface area contributed by atoms with Crippen LogP contribution in [0.15, 0.2) is 0 Å². The van der Waals surface area contributed by atoms with Gasteiger partial charge in [0.2, 0.25) is 5.91 Å². The molecule has 2 saturated heterocycles. The van der Waals surface area contributed by atoms with Gasteiger partial charge in [-0.2, -0.15) is 0 Å². The summed E-state index contributed by atoms with van der Waals surface area (Å²) >= 11 is 0. The number of hydrogen-bond donors (Lipinski definition) is 1. The largest absolute Gasteiger partial charge is 0.341 e. The lowest BCUT2D eigenvalue weighted by Crippen LogP contribution is -2.49. The van der Waals surface area contributed by atoms with Gasteiger partial charge in [-0.3, -0.25) is 9.69 Å². The molecule has 0 aliphatic carbocycles. The van der Waals surface area contributed by atoms with Crippen molar-refractivity contribution in [3.05, 3.63) is 0 Å². The molecule has 0 aromatic carbocycles. The lowest BCUT2D eigenvalue weighted by molar-refractivity contribution is -0.137.